The summed E-state index contributed by atoms with van der Waals surface area (Å²) in [5, 5.41) is 16.6. The number of amidine groups is 2. The number of hydrogen-bond acceptors (Lipinski definition) is 2. The fraction of sp³-hybridized carbons (Fsp3) is 0. The molecule has 0 atom stereocenters. The number of fused-ring (bicyclic) bond motifs is 1. The number of nitrogen functional groups attached to an aromatic ring is 2. The predicted molar refractivity (Wildman–Crippen MR) is 85.8 cm³/mol. The molecule has 0 aliphatic carbocycles. The first-order valence-electron chi connectivity index (χ1n) is 6.47. The van der Waals surface area contributed by atoms with Gasteiger partial charge in [0.05, 0.1) is 0 Å². The van der Waals surface area contributed by atoms with Crippen LogP contribution in [-0.4, -0.2) is 16.7 Å². The van der Waals surface area contributed by atoms with Gasteiger partial charge in [-0.05, 0) is 28.6 Å². The molecule has 0 saturated carbocycles. The van der Waals surface area contributed by atoms with E-state index < -0.39 is 0 Å². The van der Waals surface area contributed by atoms with Gasteiger partial charge in [-0.2, -0.15) is 0 Å². The number of nitrogens with two attached hydrogens (primary N) is 2. The SMILES string of the molecule is N=C(N)c1cccc(-c2ccc3cc[nH]c3c2)c1C(=N)N. The maximum Gasteiger partial charge on any atom is 0.124 e. The van der Waals surface area contributed by atoms with E-state index in [1.165, 1.54) is 0 Å². The molecular weight excluding hydrogens is 262 g/mol. The Bertz CT molecular complexity index is 860. The van der Waals surface area contributed by atoms with Crippen LogP contribution in [0.15, 0.2) is 48.7 Å². The molecule has 104 valence electrons. The van der Waals surface area contributed by atoms with Crippen LogP contribution < -0.4 is 11.5 Å². The van der Waals surface area contributed by atoms with Crippen molar-refractivity contribution in [3.63, 3.8) is 0 Å². The van der Waals surface area contributed by atoms with Crippen LogP contribution in [0.25, 0.3) is 22.0 Å². The molecular formula is C16H15N5. The van der Waals surface area contributed by atoms with Gasteiger partial charge in [0.15, 0.2) is 0 Å². The lowest BCUT2D eigenvalue weighted by molar-refractivity contribution is 1.37. The minimum absolute atomic E-state index is 0.0944. The molecule has 0 bridgehead atoms. The summed E-state index contributed by atoms with van der Waals surface area (Å²) in [6.45, 7) is 0. The van der Waals surface area contributed by atoms with E-state index in [2.05, 4.69) is 4.98 Å². The summed E-state index contributed by atoms with van der Waals surface area (Å²) in [5.41, 5.74) is 15.0. The molecule has 1 heterocycles. The average molecular weight is 277 g/mol. The summed E-state index contributed by atoms with van der Waals surface area (Å²) in [5.74, 6) is -0.189. The van der Waals surface area contributed by atoms with Gasteiger partial charge in [0.25, 0.3) is 0 Å². The molecule has 3 aromatic rings. The standard InChI is InChI=1S/C16H15N5/c17-15(18)12-3-1-2-11(14(12)16(19)20)10-5-4-9-6-7-21-13(9)8-10/h1-8,21H,(H3,17,18)(H3,19,20). The largest absolute Gasteiger partial charge is 0.384 e. The minimum atomic E-state index is -0.0950. The quantitative estimate of drug-likeness (QED) is 0.373. The normalized spacial score (nSPS) is 10.7. The minimum Gasteiger partial charge on any atom is -0.384 e. The molecule has 2 aromatic carbocycles. The predicted octanol–water partition coefficient (Wildman–Crippen LogP) is 2.40. The van der Waals surface area contributed by atoms with Crippen molar-refractivity contribution < 1.29 is 0 Å². The van der Waals surface area contributed by atoms with E-state index in [0.29, 0.717) is 11.1 Å². The zero-order valence-electron chi connectivity index (χ0n) is 11.3. The first-order chi connectivity index (χ1) is 10.1. The van der Waals surface area contributed by atoms with Crippen LogP contribution in [0.5, 0.6) is 0 Å². The van der Waals surface area contributed by atoms with Gasteiger partial charge in [-0.1, -0.05) is 30.3 Å². The fourth-order valence-corrected chi connectivity index (χ4v) is 2.52. The fourth-order valence-electron chi connectivity index (χ4n) is 2.52. The van der Waals surface area contributed by atoms with Crippen molar-refractivity contribution in [3.8, 4) is 11.1 Å². The Kier molecular flexibility index (Phi) is 2.95. The third-order valence-corrected chi connectivity index (χ3v) is 3.49. The number of aromatic nitrogens is 1. The molecule has 3 rings (SSSR count). The highest BCUT2D eigenvalue weighted by atomic mass is 14.7. The van der Waals surface area contributed by atoms with E-state index in [1.54, 1.807) is 6.07 Å². The van der Waals surface area contributed by atoms with Gasteiger partial charge in [0.1, 0.15) is 11.7 Å². The molecule has 0 spiro atoms. The lowest BCUT2D eigenvalue weighted by Gasteiger charge is -2.13. The number of benzene rings is 2. The molecule has 0 aliphatic rings. The van der Waals surface area contributed by atoms with Crippen molar-refractivity contribution in [2.45, 2.75) is 0 Å². The topological polar surface area (TPSA) is 116 Å². The van der Waals surface area contributed by atoms with Crippen molar-refractivity contribution in [1.29, 1.82) is 10.8 Å². The Morgan fingerprint density at radius 2 is 1.76 bits per heavy atom. The van der Waals surface area contributed by atoms with Crippen molar-refractivity contribution in [3.05, 3.63) is 59.8 Å². The first-order valence-corrected chi connectivity index (χ1v) is 6.47. The summed E-state index contributed by atoms with van der Waals surface area (Å²) in [4.78, 5) is 3.16. The van der Waals surface area contributed by atoms with Crippen LogP contribution in [0.4, 0.5) is 0 Å². The van der Waals surface area contributed by atoms with Crippen LogP contribution in [0.1, 0.15) is 11.1 Å². The van der Waals surface area contributed by atoms with Crippen LogP contribution in [0.3, 0.4) is 0 Å². The highest BCUT2D eigenvalue weighted by molar-refractivity contribution is 6.12. The lowest BCUT2D eigenvalue weighted by atomic mass is 9.93. The van der Waals surface area contributed by atoms with E-state index >= 15 is 0 Å². The molecule has 0 aliphatic heterocycles. The van der Waals surface area contributed by atoms with Crippen molar-refractivity contribution >= 4 is 22.6 Å². The Morgan fingerprint density at radius 1 is 0.952 bits per heavy atom. The Hall–Kier alpha value is -3.08. The average Bonchev–Trinajstić information content (AvgIpc) is 2.93. The molecule has 5 heteroatoms. The van der Waals surface area contributed by atoms with E-state index in [1.807, 2.05) is 42.6 Å². The van der Waals surface area contributed by atoms with Gasteiger partial charge in [0, 0.05) is 22.8 Å². The zero-order valence-corrected chi connectivity index (χ0v) is 11.3. The molecule has 0 saturated heterocycles. The number of aromatic amines is 1. The Morgan fingerprint density at radius 3 is 2.48 bits per heavy atom. The maximum absolute atomic E-state index is 7.81. The molecule has 7 N–H and O–H groups in total. The molecule has 0 fully saturated rings. The van der Waals surface area contributed by atoms with Crippen LogP contribution >= 0.6 is 0 Å². The summed E-state index contributed by atoms with van der Waals surface area (Å²) < 4.78 is 0. The third kappa shape index (κ3) is 2.14. The number of rotatable bonds is 3. The van der Waals surface area contributed by atoms with Crippen molar-refractivity contribution in [2.24, 2.45) is 11.5 Å². The summed E-state index contributed by atoms with van der Waals surface area (Å²) >= 11 is 0. The van der Waals surface area contributed by atoms with Gasteiger partial charge in [-0.3, -0.25) is 10.8 Å². The summed E-state index contributed by atoms with van der Waals surface area (Å²) in [6.07, 6.45) is 1.88. The second kappa shape index (κ2) is 4.79. The number of H-pyrrole nitrogens is 1. The third-order valence-electron chi connectivity index (χ3n) is 3.49. The van der Waals surface area contributed by atoms with Crippen molar-refractivity contribution in [2.75, 3.05) is 0 Å². The maximum atomic E-state index is 7.81. The smallest absolute Gasteiger partial charge is 0.124 e. The van der Waals surface area contributed by atoms with Crippen LogP contribution in [-0.2, 0) is 0 Å². The molecule has 21 heavy (non-hydrogen) atoms. The van der Waals surface area contributed by atoms with Gasteiger partial charge >= 0.3 is 0 Å². The highest BCUT2D eigenvalue weighted by Crippen LogP contribution is 2.28. The van der Waals surface area contributed by atoms with Crippen LogP contribution in [0, 0.1) is 10.8 Å². The monoisotopic (exact) mass is 277 g/mol. The zero-order chi connectivity index (χ0) is 15.0. The van der Waals surface area contributed by atoms with Gasteiger partial charge in [0.2, 0.25) is 0 Å². The molecule has 0 unspecified atom stereocenters. The van der Waals surface area contributed by atoms with Crippen molar-refractivity contribution in [1.82, 2.24) is 4.98 Å². The summed E-state index contributed by atoms with van der Waals surface area (Å²) in [6, 6.07) is 13.4. The molecule has 0 amide bonds. The van der Waals surface area contributed by atoms with Gasteiger partial charge in [-0.15, -0.1) is 0 Å². The molecule has 0 radical (unpaired) electrons. The van der Waals surface area contributed by atoms with Crippen LogP contribution in [0.2, 0.25) is 0 Å². The van der Waals surface area contributed by atoms with E-state index in [9.17, 15) is 0 Å². The first kappa shape index (κ1) is 12.9. The van der Waals surface area contributed by atoms with E-state index in [4.69, 9.17) is 22.3 Å². The molecule has 1 aromatic heterocycles. The lowest BCUT2D eigenvalue weighted by Crippen LogP contribution is -2.21. The van der Waals surface area contributed by atoms with Gasteiger partial charge in [-0.25, -0.2) is 0 Å². The number of nitrogens with one attached hydrogen (secondary N) is 3. The Labute approximate surface area is 121 Å². The van der Waals surface area contributed by atoms with E-state index in [-0.39, 0.29) is 11.7 Å². The highest BCUT2D eigenvalue weighted by Gasteiger charge is 2.14. The summed E-state index contributed by atoms with van der Waals surface area (Å²) in [7, 11) is 0. The van der Waals surface area contributed by atoms with Gasteiger partial charge < -0.3 is 16.5 Å². The second-order valence-corrected chi connectivity index (χ2v) is 4.84. The molecule has 5 nitrogen and oxygen atoms in total. The second-order valence-electron chi connectivity index (χ2n) is 4.84. The number of hydrogen-bond donors (Lipinski definition) is 5. The van der Waals surface area contributed by atoms with E-state index in [0.717, 1.165) is 22.0 Å². The Balaban J connectivity index is 2.28.